The van der Waals surface area contributed by atoms with Crippen LogP contribution < -0.4 is 11.1 Å². The SMILES string of the molecule is Cc1csc(-c2c(N)nsc2NCC(C)(C)O)n1. The number of nitrogens with one attached hydrogen (secondary N) is 1. The van der Waals surface area contributed by atoms with Crippen LogP contribution in [0.3, 0.4) is 0 Å². The van der Waals surface area contributed by atoms with E-state index in [-0.39, 0.29) is 0 Å². The number of aliphatic hydroxyl groups is 1. The van der Waals surface area contributed by atoms with Crippen LogP contribution in [0.25, 0.3) is 10.6 Å². The summed E-state index contributed by atoms with van der Waals surface area (Å²) in [5.41, 5.74) is 6.90. The summed E-state index contributed by atoms with van der Waals surface area (Å²) in [5.74, 6) is 0.479. The van der Waals surface area contributed by atoms with Gasteiger partial charge in [0.1, 0.15) is 15.8 Å². The minimum absolute atomic E-state index is 0.436. The fourth-order valence-corrected chi connectivity index (χ4v) is 3.03. The number of thiazole rings is 1. The van der Waals surface area contributed by atoms with Crippen molar-refractivity contribution in [3.8, 4) is 10.6 Å². The molecule has 2 rings (SSSR count). The smallest absolute Gasteiger partial charge is 0.149 e. The van der Waals surface area contributed by atoms with Gasteiger partial charge in [-0.05, 0) is 32.3 Å². The molecule has 7 heteroatoms. The molecule has 2 aromatic rings. The summed E-state index contributed by atoms with van der Waals surface area (Å²) in [4.78, 5) is 4.42. The molecule has 2 aromatic heterocycles. The minimum Gasteiger partial charge on any atom is -0.389 e. The molecule has 0 aliphatic rings. The van der Waals surface area contributed by atoms with Gasteiger partial charge in [-0.3, -0.25) is 0 Å². The van der Waals surface area contributed by atoms with Crippen LogP contribution in [0.5, 0.6) is 0 Å². The Morgan fingerprint density at radius 2 is 2.22 bits per heavy atom. The first kappa shape index (κ1) is 13.3. The van der Waals surface area contributed by atoms with E-state index in [4.69, 9.17) is 5.73 Å². The Labute approximate surface area is 114 Å². The molecule has 0 unspecified atom stereocenters. The first-order chi connectivity index (χ1) is 8.37. The standard InChI is InChI=1S/C11H16N4OS2/c1-6-4-17-10(14-6)7-8(12)15-18-9(7)13-5-11(2,3)16/h4,13,16H,5H2,1-3H3,(H2,12,15). The Bertz CT molecular complexity index is 541. The van der Waals surface area contributed by atoms with Crippen molar-refractivity contribution >= 4 is 33.7 Å². The van der Waals surface area contributed by atoms with Crippen molar-refractivity contribution in [1.29, 1.82) is 0 Å². The van der Waals surface area contributed by atoms with E-state index in [0.717, 1.165) is 21.3 Å². The molecular formula is C11H16N4OS2. The maximum Gasteiger partial charge on any atom is 0.149 e. The molecule has 4 N–H and O–H groups in total. The summed E-state index contributed by atoms with van der Waals surface area (Å²) in [6, 6.07) is 0. The lowest BCUT2D eigenvalue weighted by atomic mass is 10.1. The Morgan fingerprint density at radius 3 is 2.78 bits per heavy atom. The molecule has 0 amide bonds. The molecule has 0 bridgehead atoms. The van der Waals surface area contributed by atoms with E-state index in [2.05, 4.69) is 14.7 Å². The van der Waals surface area contributed by atoms with Crippen molar-refractivity contribution in [3.63, 3.8) is 0 Å². The third-order valence-corrected chi connectivity index (χ3v) is 4.03. The summed E-state index contributed by atoms with van der Waals surface area (Å²) in [6.45, 7) is 5.88. The molecule has 0 aromatic carbocycles. The lowest BCUT2D eigenvalue weighted by Gasteiger charge is -2.17. The van der Waals surface area contributed by atoms with Crippen molar-refractivity contribution in [1.82, 2.24) is 9.36 Å². The van der Waals surface area contributed by atoms with Crippen molar-refractivity contribution in [2.45, 2.75) is 26.4 Å². The summed E-state index contributed by atoms with van der Waals surface area (Å²) < 4.78 is 4.14. The first-order valence-electron chi connectivity index (χ1n) is 5.51. The second-order valence-electron chi connectivity index (χ2n) is 4.73. The number of hydrogen-bond acceptors (Lipinski definition) is 7. The van der Waals surface area contributed by atoms with Crippen LogP contribution in [0.4, 0.5) is 10.8 Å². The topological polar surface area (TPSA) is 84.1 Å². The van der Waals surface area contributed by atoms with Crippen LogP contribution in [0.15, 0.2) is 5.38 Å². The van der Waals surface area contributed by atoms with E-state index in [1.54, 1.807) is 25.2 Å². The molecule has 0 spiro atoms. The molecule has 0 radical (unpaired) electrons. The zero-order chi connectivity index (χ0) is 13.3. The molecule has 0 aliphatic carbocycles. The number of hydrogen-bond donors (Lipinski definition) is 3. The minimum atomic E-state index is -0.783. The molecule has 0 saturated carbocycles. The van der Waals surface area contributed by atoms with E-state index >= 15 is 0 Å². The van der Waals surface area contributed by atoms with Crippen LogP contribution in [-0.4, -0.2) is 26.6 Å². The number of nitrogens with zero attached hydrogens (tertiary/aromatic N) is 2. The highest BCUT2D eigenvalue weighted by atomic mass is 32.1. The second-order valence-corrected chi connectivity index (χ2v) is 6.36. The molecule has 0 saturated heterocycles. The summed E-state index contributed by atoms with van der Waals surface area (Å²) in [6.07, 6.45) is 0. The van der Waals surface area contributed by atoms with Gasteiger partial charge in [0.15, 0.2) is 0 Å². The fraction of sp³-hybridized carbons (Fsp3) is 0.455. The predicted molar refractivity (Wildman–Crippen MR) is 77.2 cm³/mol. The monoisotopic (exact) mass is 284 g/mol. The van der Waals surface area contributed by atoms with Crippen molar-refractivity contribution in [2.75, 3.05) is 17.6 Å². The Kier molecular flexibility index (Phi) is 3.56. The molecule has 0 aliphatic heterocycles. The van der Waals surface area contributed by atoms with Gasteiger partial charge in [-0.25, -0.2) is 4.98 Å². The molecule has 0 fully saturated rings. The molecule has 2 heterocycles. The van der Waals surface area contributed by atoms with E-state index in [9.17, 15) is 5.11 Å². The molecule has 0 atom stereocenters. The van der Waals surface area contributed by atoms with Crippen LogP contribution in [0, 0.1) is 6.92 Å². The number of nitrogens with two attached hydrogens (primary N) is 1. The zero-order valence-corrected chi connectivity index (χ0v) is 12.2. The maximum absolute atomic E-state index is 9.73. The molecule has 5 nitrogen and oxygen atoms in total. The number of anilines is 2. The zero-order valence-electron chi connectivity index (χ0n) is 10.5. The number of rotatable bonds is 4. The average molecular weight is 284 g/mol. The second kappa shape index (κ2) is 4.83. The number of aromatic nitrogens is 2. The van der Waals surface area contributed by atoms with E-state index in [1.165, 1.54) is 11.5 Å². The summed E-state index contributed by atoms with van der Waals surface area (Å²) >= 11 is 2.83. The molecule has 18 heavy (non-hydrogen) atoms. The van der Waals surface area contributed by atoms with Crippen LogP contribution >= 0.6 is 22.9 Å². The Balaban J connectivity index is 2.28. The Hall–Kier alpha value is -1.18. The van der Waals surface area contributed by atoms with E-state index in [1.807, 2.05) is 12.3 Å². The summed E-state index contributed by atoms with van der Waals surface area (Å²) in [7, 11) is 0. The largest absolute Gasteiger partial charge is 0.389 e. The molecule has 98 valence electrons. The van der Waals surface area contributed by atoms with Crippen molar-refractivity contribution < 1.29 is 5.11 Å². The van der Waals surface area contributed by atoms with Crippen LogP contribution in [0.1, 0.15) is 19.5 Å². The van der Waals surface area contributed by atoms with Gasteiger partial charge in [0.25, 0.3) is 0 Å². The van der Waals surface area contributed by atoms with Gasteiger partial charge in [-0.2, -0.15) is 4.37 Å². The van der Waals surface area contributed by atoms with Crippen LogP contribution in [-0.2, 0) is 0 Å². The number of nitrogen functional groups attached to an aromatic ring is 1. The number of aryl methyl sites for hydroxylation is 1. The highest BCUT2D eigenvalue weighted by Gasteiger charge is 2.19. The van der Waals surface area contributed by atoms with Gasteiger partial charge in [-0.15, -0.1) is 11.3 Å². The fourth-order valence-electron chi connectivity index (χ4n) is 1.40. The van der Waals surface area contributed by atoms with Crippen molar-refractivity contribution in [2.24, 2.45) is 0 Å². The third kappa shape index (κ3) is 2.98. The van der Waals surface area contributed by atoms with Crippen molar-refractivity contribution in [3.05, 3.63) is 11.1 Å². The predicted octanol–water partition coefficient (Wildman–Crippen LogP) is 2.34. The molecular weight excluding hydrogens is 268 g/mol. The first-order valence-corrected chi connectivity index (χ1v) is 7.16. The third-order valence-electron chi connectivity index (χ3n) is 2.23. The van der Waals surface area contributed by atoms with Gasteiger partial charge >= 0.3 is 0 Å². The van der Waals surface area contributed by atoms with E-state index < -0.39 is 5.60 Å². The van der Waals surface area contributed by atoms with Gasteiger partial charge in [0.2, 0.25) is 0 Å². The lowest BCUT2D eigenvalue weighted by molar-refractivity contribution is 0.0946. The van der Waals surface area contributed by atoms with E-state index in [0.29, 0.717) is 12.4 Å². The van der Waals surface area contributed by atoms with Gasteiger partial charge in [0, 0.05) is 17.6 Å². The maximum atomic E-state index is 9.73. The van der Waals surface area contributed by atoms with Gasteiger partial charge in [0.05, 0.1) is 11.2 Å². The Morgan fingerprint density at radius 1 is 1.50 bits per heavy atom. The quantitative estimate of drug-likeness (QED) is 0.802. The van der Waals surface area contributed by atoms with Gasteiger partial charge < -0.3 is 16.2 Å². The lowest BCUT2D eigenvalue weighted by Crippen LogP contribution is -2.29. The highest BCUT2D eigenvalue weighted by molar-refractivity contribution is 7.15. The normalized spacial score (nSPS) is 11.8. The summed E-state index contributed by atoms with van der Waals surface area (Å²) in [5, 5.41) is 16.6. The van der Waals surface area contributed by atoms with Gasteiger partial charge in [-0.1, -0.05) is 0 Å². The highest BCUT2D eigenvalue weighted by Crippen LogP contribution is 2.38. The van der Waals surface area contributed by atoms with Crippen LogP contribution in [0.2, 0.25) is 0 Å². The average Bonchev–Trinajstić information content (AvgIpc) is 2.81.